The zero-order valence-corrected chi connectivity index (χ0v) is 10.2. The molecule has 17 heavy (non-hydrogen) atoms. The summed E-state index contributed by atoms with van der Waals surface area (Å²) in [5.41, 5.74) is -0.258. The molecule has 4 N–H and O–H groups in total. The predicted molar refractivity (Wildman–Crippen MR) is 68.3 cm³/mol. The minimum Gasteiger partial charge on any atom is -0.394 e. The Bertz CT molecular complexity index is 380. The summed E-state index contributed by atoms with van der Waals surface area (Å²) in [5, 5.41) is 24.0. The molecule has 0 fully saturated rings. The van der Waals surface area contributed by atoms with Crippen molar-refractivity contribution in [2.75, 3.05) is 18.5 Å². The van der Waals surface area contributed by atoms with Gasteiger partial charge in [-0.05, 0) is 43.4 Å². The molecule has 0 amide bonds. The van der Waals surface area contributed by atoms with E-state index in [4.69, 9.17) is 22.4 Å². The van der Waals surface area contributed by atoms with Crippen molar-refractivity contribution in [1.29, 1.82) is 0 Å². The van der Waals surface area contributed by atoms with Crippen LogP contribution in [-0.2, 0) is 0 Å². The van der Waals surface area contributed by atoms with Crippen LogP contribution in [0.15, 0.2) is 24.3 Å². The van der Waals surface area contributed by atoms with Gasteiger partial charge in [0.25, 0.3) is 0 Å². The molecule has 1 aromatic carbocycles. The highest BCUT2D eigenvalue weighted by Gasteiger charge is 2.22. The van der Waals surface area contributed by atoms with Gasteiger partial charge in [-0.1, -0.05) is 0 Å². The van der Waals surface area contributed by atoms with Crippen molar-refractivity contribution in [3.05, 3.63) is 30.1 Å². The quantitative estimate of drug-likeness (QED) is 0.603. The fraction of sp³-hybridized carbons (Fsp3) is 0.364. The van der Waals surface area contributed by atoms with Gasteiger partial charge in [-0.2, -0.15) is 0 Å². The highest BCUT2D eigenvalue weighted by Crippen LogP contribution is 2.09. The average molecular weight is 258 g/mol. The van der Waals surface area contributed by atoms with Crippen molar-refractivity contribution in [2.45, 2.75) is 12.5 Å². The molecule has 0 atom stereocenters. The van der Waals surface area contributed by atoms with Crippen LogP contribution in [0.3, 0.4) is 0 Å². The molecule has 0 aromatic heterocycles. The molecular weight excluding hydrogens is 243 g/mol. The van der Waals surface area contributed by atoms with E-state index >= 15 is 0 Å². The number of anilines is 1. The van der Waals surface area contributed by atoms with Gasteiger partial charge in [0.05, 0.1) is 18.8 Å². The second kappa shape index (κ2) is 5.90. The number of rotatable bonds is 4. The summed E-state index contributed by atoms with van der Waals surface area (Å²) in [5.74, 6) is -0.329. The van der Waals surface area contributed by atoms with Crippen molar-refractivity contribution >= 4 is 23.0 Å². The maximum Gasteiger partial charge on any atom is 0.171 e. The molecule has 4 nitrogen and oxygen atoms in total. The molecule has 94 valence electrons. The Morgan fingerprint density at radius 3 is 2.29 bits per heavy atom. The van der Waals surface area contributed by atoms with E-state index in [0.29, 0.717) is 5.69 Å². The van der Waals surface area contributed by atoms with Crippen LogP contribution < -0.4 is 10.6 Å². The van der Waals surface area contributed by atoms with Crippen LogP contribution in [-0.4, -0.2) is 34.1 Å². The van der Waals surface area contributed by atoms with Gasteiger partial charge in [-0.3, -0.25) is 0 Å². The Morgan fingerprint density at radius 1 is 1.29 bits per heavy atom. The Morgan fingerprint density at radius 2 is 1.82 bits per heavy atom. The molecule has 0 aliphatic carbocycles. The molecular formula is C11H15FN2O2S. The van der Waals surface area contributed by atoms with E-state index in [-0.39, 0.29) is 24.1 Å². The van der Waals surface area contributed by atoms with Crippen molar-refractivity contribution < 1.29 is 14.6 Å². The van der Waals surface area contributed by atoms with Crippen molar-refractivity contribution in [3.8, 4) is 0 Å². The zero-order valence-electron chi connectivity index (χ0n) is 9.40. The minimum absolute atomic E-state index is 0.252. The highest BCUT2D eigenvalue weighted by atomic mass is 32.1. The number of hydrogen-bond acceptors (Lipinski definition) is 3. The second-order valence-corrected chi connectivity index (χ2v) is 4.37. The lowest BCUT2D eigenvalue weighted by atomic mass is 10.1. The largest absolute Gasteiger partial charge is 0.394 e. The van der Waals surface area contributed by atoms with Crippen LogP contribution in [0.25, 0.3) is 0 Å². The van der Waals surface area contributed by atoms with E-state index in [9.17, 15) is 4.39 Å². The van der Waals surface area contributed by atoms with Crippen LogP contribution in [0, 0.1) is 5.82 Å². The molecule has 0 heterocycles. The van der Waals surface area contributed by atoms with Gasteiger partial charge >= 0.3 is 0 Å². The smallest absolute Gasteiger partial charge is 0.171 e. The monoisotopic (exact) mass is 258 g/mol. The molecule has 1 aromatic rings. The molecule has 0 spiro atoms. The molecule has 0 bridgehead atoms. The molecule has 0 saturated heterocycles. The third kappa shape index (κ3) is 4.26. The number of thiocarbonyl (C=S) groups is 1. The van der Waals surface area contributed by atoms with Gasteiger partial charge in [0.15, 0.2) is 5.11 Å². The minimum atomic E-state index is -0.885. The Kier molecular flexibility index (Phi) is 4.80. The third-order valence-electron chi connectivity index (χ3n) is 2.22. The normalized spacial score (nSPS) is 11.1. The van der Waals surface area contributed by atoms with E-state index in [1.807, 2.05) is 0 Å². The van der Waals surface area contributed by atoms with Gasteiger partial charge < -0.3 is 20.8 Å². The molecule has 1 rings (SSSR count). The summed E-state index contributed by atoms with van der Waals surface area (Å²) in [7, 11) is 0. The number of nitrogens with one attached hydrogen (secondary N) is 2. The van der Waals surface area contributed by atoms with Crippen LogP contribution in [0.5, 0.6) is 0 Å². The van der Waals surface area contributed by atoms with Crippen LogP contribution in [0.1, 0.15) is 6.92 Å². The summed E-state index contributed by atoms with van der Waals surface area (Å²) in [4.78, 5) is 0. The first-order valence-corrected chi connectivity index (χ1v) is 5.46. The number of hydrogen-bond donors (Lipinski definition) is 4. The second-order valence-electron chi connectivity index (χ2n) is 3.96. The maximum atomic E-state index is 12.7. The maximum absolute atomic E-state index is 12.7. The van der Waals surface area contributed by atoms with Crippen LogP contribution in [0.2, 0.25) is 0 Å². The van der Waals surface area contributed by atoms with Gasteiger partial charge in [0, 0.05) is 5.69 Å². The highest BCUT2D eigenvalue weighted by molar-refractivity contribution is 7.80. The van der Waals surface area contributed by atoms with Crippen molar-refractivity contribution in [3.63, 3.8) is 0 Å². The van der Waals surface area contributed by atoms with Crippen LogP contribution in [0.4, 0.5) is 10.1 Å². The molecule has 0 unspecified atom stereocenters. The number of aliphatic hydroxyl groups is 2. The summed E-state index contributed by atoms with van der Waals surface area (Å²) in [6, 6.07) is 5.70. The van der Waals surface area contributed by atoms with Crippen LogP contribution >= 0.6 is 12.2 Å². The predicted octanol–water partition coefficient (Wildman–Crippen LogP) is 0.855. The Labute approximate surface area is 104 Å². The van der Waals surface area contributed by atoms with E-state index in [2.05, 4.69) is 10.6 Å². The average Bonchev–Trinajstić information content (AvgIpc) is 2.32. The first-order chi connectivity index (χ1) is 7.99. The van der Waals surface area contributed by atoms with Gasteiger partial charge in [0.2, 0.25) is 0 Å². The summed E-state index contributed by atoms with van der Waals surface area (Å²) < 4.78 is 12.7. The van der Waals surface area contributed by atoms with Crippen molar-refractivity contribution in [1.82, 2.24) is 5.32 Å². The van der Waals surface area contributed by atoms with E-state index < -0.39 is 5.54 Å². The molecule has 0 saturated carbocycles. The molecule has 0 aliphatic rings. The number of benzene rings is 1. The lowest BCUT2D eigenvalue weighted by Crippen LogP contribution is -2.53. The van der Waals surface area contributed by atoms with Gasteiger partial charge in [-0.25, -0.2) is 4.39 Å². The first kappa shape index (κ1) is 13.8. The zero-order chi connectivity index (χ0) is 12.9. The van der Waals surface area contributed by atoms with Crippen molar-refractivity contribution in [2.24, 2.45) is 0 Å². The SMILES string of the molecule is CC(CO)(CO)NC(=S)Nc1ccc(F)cc1. The fourth-order valence-corrected chi connectivity index (χ4v) is 1.46. The Balaban J connectivity index is 2.58. The molecule has 0 radical (unpaired) electrons. The topological polar surface area (TPSA) is 64.5 Å². The van der Waals surface area contributed by atoms with E-state index in [0.717, 1.165) is 0 Å². The van der Waals surface area contributed by atoms with Gasteiger partial charge in [0.1, 0.15) is 5.82 Å². The summed E-state index contributed by atoms with van der Waals surface area (Å²) in [6.45, 7) is 1.12. The van der Waals surface area contributed by atoms with E-state index in [1.54, 1.807) is 19.1 Å². The Hall–Kier alpha value is -1.24. The summed E-state index contributed by atoms with van der Waals surface area (Å²) >= 11 is 5.01. The first-order valence-electron chi connectivity index (χ1n) is 5.05. The fourth-order valence-electron chi connectivity index (χ4n) is 1.10. The van der Waals surface area contributed by atoms with E-state index in [1.165, 1.54) is 12.1 Å². The molecule has 0 aliphatic heterocycles. The number of halogens is 1. The lowest BCUT2D eigenvalue weighted by Gasteiger charge is -2.27. The van der Waals surface area contributed by atoms with Gasteiger partial charge in [-0.15, -0.1) is 0 Å². The lowest BCUT2D eigenvalue weighted by molar-refractivity contribution is 0.120. The summed E-state index contributed by atoms with van der Waals surface area (Å²) in [6.07, 6.45) is 0. The standard InChI is InChI=1S/C11H15FN2O2S/c1-11(6-15,7-16)14-10(17)13-9-4-2-8(12)3-5-9/h2-5,15-16H,6-7H2,1H3,(H2,13,14,17). The number of aliphatic hydroxyl groups excluding tert-OH is 2. The third-order valence-corrected chi connectivity index (χ3v) is 2.42. The molecule has 6 heteroatoms.